The first kappa shape index (κ1) is 13.2. The Morgan fingerprint density at radius 1 is 0.571 bits per heavy atom. The van der Waals surface area contributed by atoms with Gasteiger partial charge >= 0.3 is 0 Å². The van der Waals surface area contributed by atoms with E-state index in [2.05, 4.69) is 30.4 Å². The number of para-hydroxylation sites is 2. The SMILES string of the molecule is C(=C\c1ccccc1Oc1ccccc1)/c1ccccc1. The van der Waals surface area contributed by atoms with E-state index >= 15 is 0 Å². The molecule has 3 aromatic rings. The molecule has 3 aromatic carbocycles. The first-order valence-electron chi connectivity index (χ1n) is 6.97. The topological polar surface area (TPSA) is 9.23 Å². The number of ether oxygens (including phenoxy) is 1. The van der Waals surface area contributed by atoms with Gasteiger partial charge in [0.1, 0.15) is 11.5 Å². The van der Waals surface area contributed by atoms with Crippen LogP contribution in [0.3, 0.4) is 0 Å². The highest BCUT2D eigenvalue weighted by atomic mass is 16.5. The van der Waals surface area contributed by atoms with Crippen LogP contribution in [0.25, 0.3) is 12.2 Å². The Morgan fingerprint density at radius 2 is 1.19 bits per heavy atom. The monoisotopic (exact) mass is 272 g/mol. The van der Waals surface area contributed by atoms with Crippen molar-refractivity contribution in [2.75, 3.05) is 0 Å². The predicted octanol–water partition coefficient (Wildman–Crippen LogP) is 5.65. The molecule has 1 heteroatoms. The summed E-state index contributed by atoms with van der Waals surface area (Å²) in [7, 11) is 0. The van der Waals surface area contributed by atoms with Crippen molar-refractivity contribution >= 4 is 12.2 Å². The molecule has 0 unspecified atom stereocenters. The summed E-state index contributed by atoms with van der Waals surface area (Å²) < 4.78 is 5.95. The fraction of sp³-hybridized carbons (Fsp3) is 0. The van der Waals surface area contributed by atoms with E-state index in [-0.39, 0.29) is 0 Å². The zero-order valence-electron chi connectivity index (χ0n) is 11.6. The van der Waals surface area contributed by atoms with Crippen molar-refractivity contribution in [3.05, 3.63) is 96.1 Å². The maximum atomic E-state index is 5.95. The van der Waals surface area contributed by atoms with Gasteiger partial charge in [-0.2, -0.15) is 0 Å². The smallest absolute Gasteiger partial charge is 0.134 e. The standard InChI is InChI=1S/C20H16O/c1-3-9-17(10-4-1)15-16-18-11-7-8-14-20(18)21-19-12-5-2-6-13-19/h1-16H/b16-15+. The Labute approximate surface area is 125 Å². The third-order valence-corrected chi connectivity index (χ3v) is 3.14. The molecule has 0 fully saturated rings. The molecular formula is C20H16O. The van der Waals surface area contributed by atoms with Crippen LogP contribution in [0.5, 0.6) is 11.5 Å². The summed E-state index contributed by atoms with van der Waals surface area (Å²) in [4.78, 5) is 0. The molecule has 0 aliphatic heterocycles. The van der Waals surface area contributed by atoms with Crippen LogP contribution in [-0.4, -0.2) is 0 Å². The molecule has 3 rings (SSSR count). The predicted molar refractivity (Wildman–Crippen MR) is 88.3 cm³/mol. The average Bonchev–Trinajstić information content (AvgIpc) is 2.56. The molecule has 0 atom stereocenters. The van der Waals surface area contributed by atoms with Gasteiger partial charge in [0.2, 0.25) is 0 Å². The summed E-state index contributed by atoms with van der Waals surface area (Å²) in [6, 6.07) is 28.1. The molecule has 0 N–H and O–H groups in total. The number of hydrogen-bond donors (Lipinski definition) is 0. The number of hydrogen-bond acceptors (Lipinski definition) is 1. The molecule has 0 radical (unpaired) electrons. The highest BCUT2D eigenvalue weighted by Gasteiger charge is 2.01. The first-order chi connectivity index (χ1) is 10.4. The zero-order valence-corrected chi connectivity index (χ0v) is 11.6. The second-order valence-electron chi connectivity index (χ2n) is 4.70. The third kappa shape index (κ3) is 3.61. The van der Waals surface area contributed by atoms with Gasteiger partial charge in [0.05, 0.1) is 0 Å². The minimum Gasteiger partial charge on any atom is -0.457 e. The Hall–Kier alpha value is -2.80. The van der Waals surface area contributed by atoms with Crippen molar-refractivity contribution in [2.24, 2.45) is 0 Å². The first-order valence-corrected chi connectivity index (χ1v) is 6.97. The molecule has 1 nitrogen and oxygen atoms in total. The minimum absolute atomic E-state index is 0.845. The summed E-state index contributed by atoms with van der Waals surface area (Å²) in [6.45, 7) is 0. The molecule has 0 aliphatic rings. The third-order valence-electron chi connectivity index (χ3n) is 3.14. The van der Waals surface area contributed by atoms with Crippen molar-refractivity contribution in [3.63, 3.8) is 0 Å². The molecule has 0 heterocycles. The quantitative estimate of drug-likeness (QED) is 0.558. The molecule has 102 valence electrons. The molecule has 0 aliphatic carbocycles. The lowest BCUT2D eigenvalue weighted by Crippen LogP contribution is -1.86. The fourth-order valence-corrected chi connectivity index (χ4v) is 2.08. The van der Waals surface area contributed by atoms with Crippen LogP contribution in [0.1, 0.15) is 11.1 Å². The van der Waals surface area contributed by atoms with Crippen molar-refractivity contribution in [1.29, 1.82) is 0 Å². The summed E-state index contributed by atoms with van der Waals surface area (Å²) in [5.74, 6) is 1.70. The van der Waals surface area contributed by atoms with Gasteiger partial charge in [-0.1, -0.05) is 78.9 Å². The van der Waals surface area contributed by atoms with E-state index in [1.165, 1.54) is 5.56 Å². The molecular weight excluding hydrogens is 256 g/mol. The van der Waals surface area contributed by atoms with E-state index in [0.29, 0.717) is 0 Å². The number of rotatable bonds is 4. The van der Waals surface area contributed by atoms with Crippen molar-refractivity contribution in [2.45, 2.75) is 0 Å². The second-order valence-corrected chi connectivity index (χ2v) is 4.70. The zero-order chi connectivity index (χ0) is 14.3. The Kier molecular flexibility index (Phi) is 4.13. The molecule has 0 spiro atoms. The van der Waals surface area contributed by atoms with Crippen LogP contribution in [0, 0.1) is 0 Å². The van der Waals surface area contributed by atoms with Crippen molar-refractivity contribution in [3.8, 4) is 11.5 Å². The Morgan fingerprint density at radius 3 is 1.95 bits per heavy atom. The van der Waals surface area contributed by atoms with Crippen LogP contribution in [0.4, 0.5) is 0 Å². The normalized spacial score (nSPS) is 10.7. The summed E-state index contributed by atoms with van der Waals surface area (Å²) in [6.07, 6.45) is 4.17. The van der Waals surface area contributed by atoms with Gasteiger partial charge in [-0.05, 0) is 23.8 Å². The lowest BCUT2D eigenvalue weighted by molar-refractivity contribution is 0.481. The molecule has 0 amide bonds. The maximum Gasteiger partial charge on any atom is 0.134 e. The molecule has 0 bridgehead atoms. The van der Waals surface area contributed by atoms with Gasteiger partial charge in [0.15, 0.2) is 0 Å². The van der Waals surface area contributed by atoms with E-state index in [0.717, 1.165) is 17.1 Å². The molecule has 0 saturated heterocycles. The fourth-order valence-electron chi connectivity index (χ4n) is 2.08. The lowest BCUT2D eigenvalue weighted by Gasteiger charge is -2.08. The second kappa shape index (κ2) is 6.58. The van der Waals surface area contributed by atoms with Crippen molar-refractivity contribution in [1.82, 2.24) is 0 Å². The van der Waals surface area contributed by atoms with Gasteiger partial charge in [0.25, 0.3) is 0 Å². The Balaban J connectivity index is 1.84. The molecule has 0 saturated carbocycles. The van der Waals surface area contributed by atoms with Gasteiger partial charge in [0, 0.05) is 5.56 Å². The summed E-state index contributed by atoms with van der Waals surface area (Å²) in [5, 5.41) is 0. The molecule has 21 heavy (non-hydrogen) atoms. The van der Waals surface area contributed by atoms with Gasteiger partial charge in [-0.25, -0.2) is 0 Å². The highest BCUT2D eigenvalue weighted by Crippen LogP contribution is 2.26. The van der Waals surface area contributed by atoms with Gasteiger partial charge in [-0.3, -0.25) is 0 Å². The van der Waals surface area contributed by atoms with Gasteiger partial charge < -0.3 is 4.74 Å². The van der Waals surface area contributed by atoms with Crippen LogP contribution in [0.2, 0.25) is 0 Å². The highest BCUT2D eigenvalue weighted by molar-refractivity contribution is 5.72. The van der Waals surface area contributed by atoms with E-state index in [1.54, 1.807) is 0 Å². The van der Waals surface area contributed by atoms with Crippen molar-refractivity contribution < 1.29 is 4.74 Å². The van der Waals surface area contributed by atoms with Crippen LogP contribution >= 0.6 is 0 Å². The number of benzene rings is 3. The van der Waals surface area contributed by atoms with E-state index in [4.69, 9.17) is 4.74 Å². The van der Waals surface area contributed by atoms with E-state index in [1.807, 2.05) is 66.7 Å². The summed E-state index contributed by atoms with van der Waals surface area (Å²) >= 11 is 0. The largest absolute Gasteiger partial charge is 0.457 e. The lowest BCUT2D eigenvalue weighted by atomic mass is 10.1. The van der Waals surface area contributed by atoms with Gasteiger partial charge in [-0.15, -0.1) is 0 Å². The summed E-state index contributed by atoms with van der Waals surface area (Å²) in [5.41, 5.74) is 2.23. The average molecular weight is 272 g/mol. The van der Waals surface area contributed by atoms with Crippen LogP contribution in [-0.2, 0) is 0 Å². The van der Waals surface area contributed by atoms with Crippen LogP contribution in [0.15, 0.2) is 84.9 Å². The Bertz CT molecular complexity index is 715. The minimum atomic E-state index is 0.845. The molecule has 0 aromatic heterocycles. The van der Waals surface area contributed by atoms with E-state index in [9.17, 15) is 0 Å². The van der Waals surface area contributed by atoms with E-state index < -0.39 is 0 Å². The maximum absolute atomic E-state index is 5.95. The van der Waals surface area contributed by atoms with Crippen LogP contribution < -0.4 is 4.74 Å².